The first-order valence-corrected chi connectivity index (χ1v) is 9.09. The van der Waals surface area contributed by atoms with Gasteiger partial charge in [0.25, 0.3) is 0 Å². The van der Waals surface area contributed by atoms with Crippen LogP contribution in [-0.4, -0.2) is 29.9 Å². The number of anilines is 2. The van der Waals surface area contributed by atoms with Gasteiger partial charge in [-0.2, -0.15) is 0 Å². The maximum Gasteiger partial charge on any atom is 0.321 e. The highest BCUT2D eigenvalue weighted by molar-refractivity contribution is 14.1. The summed E-state index contributed by atoms with van der Waals surface area (Å²) in [4.78, 5) is 26.1. The third kappa shape index (κ3) is 4.85. The summed E-state index contributed by atoms with van der Waals surface area (Å²) in [5.41, 5.74) is 1.13. The smallest absolute Gasteiger partial charge is 0.321 e. The summed E-state index contributed by atoms with van der Waals surface area (Å²) in [5, 5.41) is 5.64. The minimum atomic E-state index is -0.297. The Morgan fingerprint density at radius 3 is 2.36 bits per heavy atom. The molecule has 6 nitrogen and oxygen atoms in total. The van der Waals surface area contributed by atoms with E-state index in [9.17, 15) is 9.59 Å². The number of carbonyl (C=O) groups excluding carboxylic acids is 2. The molecular formula is C18H18IN3O3. The number of benzene rings is 1. The van der Waals surface area contributed by atoms with Crippen LogP contribution in [0.25, 0.3) is 6.08 Å². The van der Waals surface area contributed by atoms with Crippen molar-refractivity contribution in [3.8, 4) is 0 Å². The molecule has 3 amide bonds. The minimum Gasteiger partial charge on any atom is -0.451 e. The van der Waals surface area contributed by atoms with Crippen molar-refractivity contribution >= 4 is 52.0 Å². The molecule has 7 heteroatoms. The number of halogens is 1. The van der Waals surface area contributed by atoms with E-state index in [0.29, 0.717) is 17.1 Å². The number of nitrogens with one attached hydrogen (secondary N) is 2. The molecule has 0 bridgehead atoms. The predicted octanol–water partition coefficient (Wildman–Crippen LogP) is 4.16. The molecule has 2 aromatic rings. The first-order valence-electron chi connectivity index (χ1n) is 8.01. The SMILES string of the molecule is O=C(/C=C/c1ccc(I)o1)Nc1ccccc1NC(=O)N1CCCC1. The van der Waals surface area contributed by atoms with Crippen molar-refractivity contribution in [2.45, 2.75) is 12.8 Å². The Hall–Kier alpha value is -2.29. The van der Waals surface area contributed by atoms with Crippen molar-refractivity contribution in [1.29, 1.82) is 0 Å². The Labute approximate surface area is 159 Å². The molecule has 2 heterocycles. The maximum atomic E-state index is 12.2. The van der Waals surface area contributed by atoms with Gasteiger partial charge in [-0.1, -0.05) is 12.1 Å². The fourth-order valence-electron chi connectivity index (χ4n) is 2.57. The summed E-state index contributed by atoms with van der Waals surface area (Å²) in [6.07, 6.45) is 5.06. The van der Waals surface area contributed by atoms with E-state index in [1.807, 2.05) is 12.1 Å². The highest BCUT2D eigenvalue weighted by Gasteiger charge is 2.18. The van der Waals surface area contributed by atoms with Crippen LogP contribution in [0.4, 0.5) is 16.2 Å². The number of urea groups is 1. The van der Waals surface area contributed by atoms with Gasteiger partial charge < -0.3 is 20.0 Å². The van der Waals surface area contributed by atoms with Crippen LogP contribution >= 0.6 is 22.6 Å². The zero-order valence-electron chi connectivity index (χ0n) is 13.5. The zero-order chi connectivity index (χ0) is 17.6. The van der Waals surface area contributed by atoms with E-state index in [4.69, 9.17) is 4.42 Å². The van der Waals surface area contributed by atoms with E-state index in [-0.39, 0.29) is 11.9 Å². The molecule has 0 spiro atoms. The Morgan fingerprint density at radius 1 is 1.04 bits per heavy atom. The Kier molecular flexibility index (Phi) is 5.75. The fraction of sp³-hybridized carbons (Fsp3) is 0.222. The predicted molar refractivity (Wildman–Crippen MR) is 105 cm³/mol. The van der Waals surface area contributed by atoms with Crippen molar-refractivity contribution in [1.82, 2.24) is 4.90 Å². The molecule has 1 fully saturated rings. The van der Waals surface area contributed by atoms with E-state index in [0.717, 1.165) is 29.7 Å². The van der Waals surface area contributed by atoms with Crippen LogP contribution in [0.1, 0.15) is 18.6 Å². The number of hydrogen-bond donors (Lipinski definition) is 2. The monoisotopic (exact) mass is 451 g/mol. The van der Waals surface area contributed by atoms with Crippen LogP contribution in [0, 0.1) is 3.77 Å². The van der Waals surface area contributed by atoms with Gasteiger partial charge in [0.05, 0.1) is 11.4 Å². The third-order valence-electron chi connectivity index (χ3n) is 3.81. The Balaban J connectivity index is 1.64. The fourth-order valence-corrected chi connectivity index (χ4v) is 3.00. The van der Waals surface area contributed by atoms with Crippen molar-refractivity contribution < 1.29 is 14.0 Å². The van der Waals surface area contributed by atoms with Gasteiger partial charge in [-0.05, 0) is 65.8 Å². The lowest BCUT2D eigenvalue weighted by molar-refractivity contribution is -0.111. The average molecular weight is 451 g/mol. The van der Waals surface area contributed by atoms with Gasteiger partial charge in [0.15, 0.2) is 3.77 Å². The molecule has 0 radical (unpaired) electrons. The summed E-state index contributed by atoms with van der Waals surface area (Å²) < 4.78 is 6.13. The molecule has 1 aliphatic rings. The average Bonchev–Trinajstić information content (AvgIpc) is 3.26. The number of amides is 3. The molecule has 0 aliphatic carbocycles. The highest BCUT2D eigenvalue weighted by atomic mass is 127. The first kappa shape index (κ1) is 17.5. The summed E-state index contributed by atoms with van der Waals surface area (Å²) in [6, 6.07) is 10.6. The molecule has 3 rings (SSSR count). The normalized spacial score (nSPS) is 14.0. The van der Waals surface area contributed by atoms with Crippen LogP contribution in [0.5, 0.6) is 0 Å². The summed E-state index contributed by atoms with van der Waals surface area (Å²) >= 11 is 2.06. The molecule has 25 heavy (non-hydrogen) atoms. The van der Waals surface area contributed by atoms with Crippen LogP contribution < -0.4 is 10.6 Å². The number of hydrogen-bond acceptors (Lipinski definition) is 3. The standard InChI is InChI=1S/C18H18IN3O3/c19-16-9-7-13(25-16)8-10-17(23)20-14-5-1-2-6-15(14)21-18(24)22-11-3-4-12-22/h1-2,5-10H,3-4,11-12H2,(H,20,23)(H,21,24)/b10-8+. The van der Waals surface area contributed by atoms with Crippen LogP contribution in [0.15, 0.2) is 46.9 Å². The second-order valence-corrected chi connectivity index (χ2v) is 6.70. The van der Waals surface area contributed by atoms with Crippen molar-refractivity contribution in [3.63, 3.8) is 0 Å². The van der Waals surface area contributed by atoms with Gasteiger partial charge in [0.2, 0.25) is 5.91 Å². The number of likely N-dealkylation sites (tertiary alicyclic amines) is 1. The molecular weight excluding hydrogens is 433 g/mol. The molecule has 0 unspecified atom stereocenters. The Morgan fingerprint density at radius 2 is 1.72 bits per heavy atom. The number of carbonyl (C=O) groups is 2. The number of para-hydroxylation sites is 2. The van der Waals surface area contributed by atoms with Crippen LogP contribution in [0.3, 0.4) is 0 Å². The number of rotatable bonds is 4. The van der Waals surface area contributed by atoms with Gasteiger partial charge in [-0.15, -0.1) is 0 Å². The number of furan rings is 1. The molecule has 1 saturated heterocycles. The lowest BCUT2D eigenvalue weighted by Gasteiger charge is -2.18. The van der Waals surface area contributed by atoms with Gasteiger partial charge in [0.1, 0.15) is 5.76 Å². The van der Waals surface area contributed by atoms with Crippen LogP contribution in [-0.2, 0) is 4.79 Å². The third-order valence-corrected chi connectivity index (χ3v) is 4.39. The lowest BCUT2D eigenvalue weighted by Crippen LogP contribution is -2.32. The zero-order valence-corrected chi connectivity index (χ0v) is 15.7. The van der Waals surface area contributed by atoms with E-state index in [2.05, 4.69) is 33.2 Å². The van der Waals surface area contributed by atoms with E-state index >= 15 is 0 Å². The number of nitrogens with zero attached hydrogens (tertiary/aromatic N) is 1. The molecule has 1 aromatic heterocycles. The molecule has 1 aliphatic heterocycles. The molecule has 0 atom stereocenters. The first-order chi connectivity index (χ1) is 12.1. The highest BCUT2D eigenvalue weighted by Crippen LogP contribution is 2.22. The van der Waals surface area contributed by atoms with Crippen molar-refractivity contribution in [2.75, 3.05) is 23.7 Å². The molecule has 2 N–H and O–H groups in total. The lowest BCUT2D eigenvalue weighted by atomic mass is 10.2. The second kappa shape index (κ2) is 8.19. The second-order valence-electron chi connectivity index (χ2n) is 5.63. The molecule has 1 aromatic carbocycles. The van der Waals surface area contributed by atoms with Gasteiger partial charge >= 0.3 is 6.03 Å². The Bertz CT molecular complexity index is 794. The summed E-state index contributed by atoms with van der Waals surface area (Å²) in [6.45, 7) is 1.54. The van der Waals surface area contributed by atoms with Crippen molar-refractivity contribution in [2.24, 2.45) is 0 Å². The van der Waals surface area contributed by atoms with E-state index < -0.39 is 0 Å². The van der Waals surface area contributed by atoms with Crippen molar-refractivity contribution in [3.05, 3.63) is 52.0 Å². The largest absolute Gasteiger partial charge is 0.451 e. The maximum absolute atomic E-state index is 12.2. The van der Waals surface area contributed by atoms with E-state index in [1.165, 1.54) is 6.08 Å². The topological polar surface area (TPSA) is 74.6 Å². The summed E-state index contributed by atoms with van der Waals surface area (Å²) in [5.74, 6) is 0.310. The van der Waals surface area contributed by atoms with Crippen LogP contribution in [0.2, 0.25) is 0 Å². The summed E-state index contributed by atoms with van der Waals surface area (Å²) in [7, 11) is 0. The van der Waals surface area contributed by atoms with Gasteiger partial charge in [-0.3, -0.25) is 4.79 Å². The minimum absolute atomic E-state index is 0.139. The van der Waals surface area contributed by atoms with E-state index in [1.54, 1.807) is 35.2 Å². The molecule has 130 valence electrons. The quantitative estimate of drug-likeness (QED) is 0.542. The van der Waals surface area contributed by atoms with Gasteiger partial charge in [0, 0.05) is 19.2 Å². The van der Waals surface area contributed by atoms with Gasteiger partial charge in [-0.25, -0.2) is 4.79 Å². The molecule has 0 saturated carbocycles.